The summed E-state index contributed by atoms with van der Waals surface area (Å²) in [6.45, 7) is 6.78. The fourth-order valence-electron chi connectivity index (χ4n) is 2.22. The first-order valence-electron chi connectivity index (χ1n) is 8.49. The Kier molecular flexibility index (Phi) is 6.71. The monoisotopic (exact) mass is 359 g/mol. The third-order valence-electron chi connectivity index (χ3n) is 3.38. The molecule has 0 aliphatic rings. The molecule has 0 aromatic carbocycles. The van der Waals surface area contributed by atoms with Gasteiger partial charge in [-0.15, -0.1) is 0 Å². The number of carbonyl (C=O) groups is 2. The van der Waals surface area contributed by atoms with Gasteiger partial charge in [-0.1, -0.05) is 6.07 Å². The Bertz CT molecular complexity index is 695. The molecular formula is C18H25N5O3. The van der Waals surface area contributed by atoms with Crippen LogP contribution < -0.4 is 5.32 Å². The van der Waals surface area contributed by atoms with Crippen molar-refractivity contribution in [3.05, 3.63) is 48.0 Å². The normalized spacial score (nSPS) is 11.0. The Hall–Kier alpha value is -2.90. The number of nitrogens with one attached hydrogen (secondary N) is 2. The highest BCUT2D eigenvalue weighted by molar-refractivity contribution is 5.92. The van der Waals surface area contributed by atoms with Crippen LogP contribution in [0, 0.1) is 0 Å². The quantitative estimate of drug-likeness (QED) is 0.739. The molecule has 8 nitrogen and oxygen atoms in total. The van der Waals surface area contributed by atoms with E-state index in [9.17, 15) is 9.59 Å². The lowest BCUT2D eigenvalue weighted by molar-refractivity contribution is 0.0232. The average molecular weight is 359 g/mol. The topological polar surface area (TPSA) is 100 Å². The van der Waals surface area contributed by atoms with Gasteiger partial charge >= 0.3 is 6.09 Å². The molecule has 0 atom stereocenters. The zero-order chi connectivity index (χ0) is 19.0. The van der Waals surface area contributed by atoms with Crippen molar-refractivity contribution < 1.29 is 14.3 Å². The van der Waals surface area contributed by atoms with E-state index >= 15 is 0 Å². The first-order chi connectivity index (χ1) is 12.3. The van der Waals surface area contributed by atoms with Crippen LogP contribution in [0.15, 0.2) is 36.8 Å². The minimum absolute atomic E-state index is 0.224. The minimum Gasteiger partial charge on any atom is -0.444 e. The number of ether oxygens (including phenoxy) is 1. The number of amides is 2. The smallest absolute Gasteiger partial charge is 0.410 e. The van der Waals surface area contributed by atoms with Crippen LogP contribution in [0.1, 0.15) is 43.2 Å². The molecule has 0 bridgehead atoms. The summed E-state index contributed by atoms with van der Waals surface area (Å²) in [7, 11) is 0. The molecule has 0 radical (unpaired) electrons. The highest BCUT2D eigenvalue weighted by atomic mass is 16.6. The highest BCUT2D eigenvalue weighted by Crippen LogP contribution is 2.12. The molecule has 0 spiro atoms. The SMILES string of the molecule is CC(C)(C)OC(=O)N(CCCNC(=O)c1ccn[nH]1)Cc1cccnc1. The van der Waals surface area contributed by atoms with E-state index < -0.39 is 5.60 Å². The van der Waals surface area contributed by atoms with Gasteiger partial charge in [0.1, 0.15) is 11.3 Å². The maximum Gasteiger partial charge on any atom is 0.410 e. The van der Waals surface area contributed by atoms with Gasteiger partial charge in [0, 0.05) is 31.7 Å². The Morgan fingerprint density at radius 3 is 2.69 bits per heavy atom. The number of pyridine rings is 1. The molecule has 0 aliphatic carbocycles. The van der Waals surface area contributed by atoms with Crippen molar-refractivity contribution in [3.63, 3.8) is 0 Å². The largest absolute Gasteiger partial charge is 0.444 e. The first-order valence-corrected chi connectivity index (χ1v) is 8.49. The fourth-order valence-corrected chi connectivity index (χ4v) is 2.22. The first kappa shape index (κ1) is 19.4. The molecule has 0 aliphatic heterocycles. The Balaban J connectivity index is 1.88. The van der Waals surface area contributed by atoms with Crippen molar-refractivity contribution >= 4 is 12.0 Å². The van der Waals surface area contributed by atoms with Crippen LogP contribution in [-0.2, 0) is 11.3 Å². The van der Waals surface area contributed by atoms with E-state index in [0.717, 1.165) is 5.56 Å². The van der Waals surface area contributed by atoms with E-state index in [1.165, 1.54) is 6.20 Å². The van der Waals surface area contributed by atoms with Crippen LogP contribution in [0.25, 0.3) is 0 Å². The van der Waals surface area contributed by atoms with Crippen LogP contribution in [-0.4, -0.2) is 50.8 Å². The molecule has 2 heterocycles. The van der Waals surface area contributed by atoms with Crippen LogP contribution in [0.5, 0.6) is 0 Å². The Morgan fingerprint density at radius 2 is 2.08 bits per heavy atom. The molecule has 2 N–H and O–H groups in total. The lowest BCUT2D eigenvalue weighted by atomic mass is 10.2. The van der Waals surface area contributed by atoms with Crippen molar-refractivity contribution in [3.8, 4) is 0 Å². The number of hydrogen-bond acceptors (Lipinski definition) is 5. The number of H-pyrrole nitrogens is 1. The fraction of sp³-hybridized carbons (Fsp3) is 0.444. The summed E-state index contributed by atoms with van der Waals surface area (Å²) in [6.07, 6.45) is 5.14. The number of aromatic amines is 1. The van der Waals surface area contributed by atoms with Gasteiger partial charge in [0.2, 0.25) is 0 Å². The van der Waals surface area contributed by atoms with E-state index in [1.54, 1.807) is 23.4 Å². The molecule has 26 heavy (non-hydrogen) atoms. The molecule has 140 valence electrons. The number of nitrogens with zero attached hydrogens (tertiary/aromatic N) is 3. The molecule has 0 unspecified atom stereocenters. The second-order valence-corrected chi connectivity index (χ2v) is 6.84. The van der Waals surface area contributed by atoms with E-state index in [1.807, 2.05) is 32.9 Å². The predicted octanol–water partition coefficient (Wildman–Crippen LogP) is 2.36. The third kappa shape index (κ3) is 6.54. The summed E-state index contributed by atoms with van der Waals surface area (Å²) < 4.78 is 5.48. The molecule has 2 aromatic rings. The summed E-state index contributed by atoms with van der Waals surface area (Å²) in [4.78, 5) is 30.0. The van der Waals surface area contributed by atoms with E-state index in [2.05, 4.69) is 20.5 Å². The van der Waals surface area contributed by atoms with Crippen molar-refractivity contribution in [2.45, 2.75) is 39.3 Å². The van der Waals surface area contributed by atoms with Crippen LogP contribution >= 0.6 is 0 Å². The van der Waals surface area contributed by atoms with E-state index in [0.29, 0.717) is 31.7 Å². The second-order valence-electron chi connectivity index (χ2n) is 6.84. The number of rotatable bonds is 7. The molecule has 0 saturated heterocycles. The zero-order valence-electron chi connectivity index (χ0n) is 15.4. The van der Waals surface area contributed by atoms with Crippen molar-refractivity contribution in [2.75, 3.05) is 13.1 Å². The summed E-state index contributed by atoms with van der Waals surface area (Å²) >= 11 is 0. The highest BCUT2D eigenvalue weighted by Gasteiger charge is 2.22. The molecule has 2 rings (SSSR count). The van der Waals surface area contributed by atoms with Gasteiger partial charge in [0.15, 0.2) is 0 Å². The Labute approximate surface area is 153 Å². The van der Waals surface area contributed by atoms with Crippen LogP contribution in [0.4, 0.5) is 4.79 Å². The summed E-state index contributed by atoms with van der Waals surface area (Å²) in [5, 5.41) is 9.14. The third-order valence-corrected chi connectivity index (χ3v) is 3.38. The number of carbonyl (C=O) groups excluding carboxylic acids is 2. The van der Waals surface area contributed by atoms with Gasteiger partial charge in [-0.3, -0.25) is 14.9 Å². The maximum atomic E-state index is 12.5. The number of aromatic nitrogens is 3. The zero-order valence-corrected chi connectivity index (χ0v) is 15.4. The van der Waals surface area contributed by atoms with Gasteiger partial charge in [-0.2, -0.15) is 5.10 Å². The van der Waals surface area contributed by atoms with Gasteiger partial charge in [0.05, 0.1) is 6.54 Å². The van der Waals surface area contributed by atoms with Crippen molar-refractivity contribution in [2.24, 2.45) is 0 Å². The standard InChI is InChI=1S/C18H25N5O3/c1-18(2,3)26-17(25)23(13-14-6-4-8-19-12-14)11-5-9-20-16(24)15-7-10-21-22-15/h4,6-8,10,12H,5,9,11,13H2,1-3H3,(H,20,24)(H,21,22). The van der Waals surface area contributed by atoms with Gasteiger partial charge in [-0.25, -0.2) is 4.79 Å². The van der Waals surface area contributed by atoms with Crippen molar-refractivity contribution in [1.82, 2.24) is 25.4 Å². The van der Waals surface area contributed by atoms with Gasteiger partial charge in [-0.05, 0) is 44.9 Å². The molecule has 2 amide bonds. The average Bonchev–Trinajstić information content (AvgIpc) is 3.11. The molecule has 2 aromatic heterocycles. The van der Waals surface area contributed by atoms with Crippen LogP contribution in [0.3, 0.4) is 0 Å². The Morgan fingerprint density at radius 1 is 1.27 bits per heavy atom. The van der Waals surface area contributed by atoms with Gasteiger partial charge < -0.3 is 15.0 Å². The minimum atomic E-state index is -0.570. The lowest BCUT2D eigenvalue weighted by Gasteiger charge is -2.27. The molecule has 8 heteroatoms. The van der Waals surface area contributed by atoms with Gasteiger partial charge in [0.25, 0.3) is 5.91 Å². The molecule has 0 saturated carbocycles. The maximum absolute atomic E-state index is 12.5. The van der Waals surface area contributed by atoms with Crippen LogP contribution in [0.2, 0.25) is 0 Å². The lowest BCUT2D eigenvalue weighted by Crippen LogP contribution is -2.38. The van der Waals surface area contributed by atoms with Crippen molar-refractivity contribution in [1.29, 1.82) is 0 Å². The molecule has 0 fully saturated rings. The van der Waals surface area contributed by atoms with E-state index in [4.69, 9.17) is 4.74 Å². The second kappa shape index (κ2) is 8.98. The molecular weight excluding hydrogens is 334 g/mol. The summed E-state index contributed by atoms with van der Waals surface area (Å²) in [5.41, 5.74) is 0.753. The van der Waals surface area contributed by atoms with E-state index in [-0.39, 0.29) is 12.0 Å². The predicted molar refractivity (Wildman–Crippen MR) is 96.4 cm³/mol. The summed E-state index contributed by atoms with van der Waals surface area (Å²) in [5.74, 6) is -0.224. The number of hydrogen-bond donors (Lipinski definition) is 2. The summed E-state index contributed by atoms with van der Waals surface area (Å²) in [6, 6.07) is 5.34.